The molecule has 0 amide bonds. The number of nitrogens with zero attached hydrogens (tertiary/aromatic N) is 6. The molecule has 0 aromatic carbocycles. The largest absolute Gasteiger partial charge is 0.298 e. The molecule has 36 heavy (non-hydrogen) atoms. The number of aromatic nitrogens is 2. The molecule has 2 fully saturated rings. The predicted molar refractivity (Wildman–Crippen MR) is 146 cm³/mol. The first-order chi connectivity index (χ1) is 17.2. The highest BCUT2D eigenvalue weighted by atomic mass is 35.5. The van der Waals surface area contributed by atoms with Crippen LogP contribution in [0.2, 0.25) is 10.3 Å². The zero-order valence-electron chi connectivity index (χ0n) is 21.8. The van der Waals surface area contributed by atoms with Crippen LogP contribution in [0.1, 0.15) is 50.9 Å². The number of hydrogen-bond donors (Lipinski definition) is 0. The van der Waals surface area contributed by atoms with Crippen molar-refractivity contribution in [1.29, 1.82) is 0 Å². The van der Waals surface area contributed by atoms with Crippen molar-refractivity contribution in [1.82, 2.24) is 29.6 Å². The Hall–Kier alpha value is -1.61. The van der Waals surface area contributed by atoms with Crippen molar-refractivity contribution in [2.45, 2.75) is 51.9 Å². The SMILES string of the molecule is CC(C)N1CCN(C(C(=O)C(c2ccnc(Cl)c2)N2CCN(C(C)C)CC2)c2ccnc(Cl)c2)CC1. The number of carbonyl (C=O) groups is 1. The van der Waals surface area contributed by atoms with Gasteiger partial charge in [-0.1, -0.05) is 23.2 Å². The molecule has 0 bridgehead atoms. The summed E-state index contributed by atoms with van der Waals surface area (Å²) >= 11 is 12.6. The highest BCUT2D eigenvalue weighted by Gasteiger charge is 2.39. The quantitative estimate of drug-likeness (QED) is 0.472. The van der Waals surface area contributed by atoms with Gasteiger partial charge in [0.05, 0.1) is 12.1 Å². The molecule has 0 radical (unpaired) electrons. The van der Waals surface area contributed by atoms with Crippen LogP contribution < -0.4 is 0 Å². The van der Waals surface area contributed by atoms with E-state index in [2.05, 4.69) is 57.3 Å². The molecule has 2 aromatic rings. The Morgan fingerprint density at radius 3 is 1.31 bits per heavy atom. The van der Waals surface area contributed by atoms with E-state index in [-0.39, 0.29) is 5.78 Å². The van der Waals surface area contributed by atoms with Gasteiger partial charge in [0.25, 0.3) is 0 Å². The Kier molecular flexibility index (Phi) is 9.36. The van der Waals surface area contributed by atoms with E-state index in [0.717, 1.165) is 63.5 Å². The van der Waals surface area contributed by atoms with E-state index in [4.69, 9.17) is 23.2 Å². The lowest BCUT2D eigenvalue weighted by molar-refractivity contribution is -0.132. The molecular formula is C27H38Cl2N6O. The lowest BCUT2D eigenvalue weighted by atomic mass is 9.91. The third kappa shape index (κ3) is 6.44. The van der Waals surface area contributed by atoms with Gasteiger partial charge in [0, 0.05) is 76.8 Å². The third-order valence-electron chi connectivity index (χ3n) is 7.56. The second kappa shape index (κ2) is 12.3. The lowest BCUT2D eigenvalue weighted by Gasteiger charge is -2.44. The number of carbonyl (C=O) groups excluding carboxylic acids is 1. The zero-order valence-corrected chi connectivity index (χ0v) is 23.3. The van der Waals surface area contributed by atoms with Crippen LogP contribution in [0, 0.1) is 0 Å². The van der Waals surface area contributed by atoms with Crippen LogP contribution in [0.4, 0.5) is 0 Å². The predicted octanol–water partition coefficient (Wildman–Crippen LogP) is 4.19. The summed E-state index contributed by atoms with van der Waals surface area (Å²) in [5.41, 5.74) is 1.79. The molecule has 2 saturated heterocycles. The fraction of sp³-hybridized carbons (Fsp3) is 0.593. The summed E-state index contributed by atoms with van der Waals surface area (Å²) in [4.78, 5) is 32.6. The maximum atomic E-state index is 14.7. The van der Waals surface area contributed by atoms with Gasteiger partial charge in [-0.2, -0.15) is 0 Å². The van der Waals surface area contributed by atoms with Crippen LogP contribution in [-0.2, 0) is 4.79 Å². The van der Waals surface area contributed by atoms with Gasteiger partial charge >= 0.3 is 0 Å². The van der Waals surface area contributed by atoms with E-state index in [1.165, 1.54) is 0 Å². The van der Waals surface area contributed by atoms with Crippen molar-refractivity contribution in [2.24, 2.45) is 0 Å². The van der Waals surface area contributed by atoms with Gasteiger partial charge in [-0.3, -0.25) is 24.4 Å². The van der Waals surface area contributed by atoms with E-state index in [9.17, 15) is 4.79 Å². The highest BCUT2D eigenvalue weighted by Crippen LogP contribution is 2.34. The average Bonchev–Trinajstić information content (AvgIpc) is 2.85. The van der Waals surface area contributed by atoms with Crippen LogP contribution in [0.25, 0.3) is 0 Å². The van der Waals surface area contributed by atoms with Crippen molar-refractivity contribution in [3.05, 3.63) is 58.1 Å². The van der Waals surface area contributed by atoms with Gasteiger partial charge in [-0.25, -0.2) is 9.97 Å². The van der Waals surface area contributed by atoms with Crippen LogP contribution in [-0.4, -0.2) is 99.8 Å². The summed E-state index contributed by atoms with van der Waals surface area (Å²) in [5, 5.41) is 0.806. The van der Waals surface area contributed by atoms with E-state index >= 15 is 0 Å². The lowest BCUT2D eigenvalue weighted by Crippen LogP contribution is -2.54. The number of piperazine rings is 2. The molecule has 7 nitrogen and oxygen atoms in total. The highest BCUT2D eigenvalue weighted by molar-refractivity contribution is 6.29. The number of Topliss-reactive ketones (excluding diaryl/α,β-unsaturated/α-hetero) is 1. The van der Waals surface area contributed by atoms with Crippen molar-refractivity contribution < 1.29 is 4.79 Å². The van der Waals surface area contributed by atoms with Crippen LogP contribution in [0.5, 0.6) is 0 Å². The molecular weight excluding hydrogens is 495 g/mol. The molecule has 4 rings (SSSR count). The summed E-state index contributed by atoms with van der Waals surface area (Å²) in [6.07, 6.45) is 3.39. The minimum absolute atomic E-state index is 0.149. The standard InChI is InChI=1S/C27H38Cl2N6O/c1-19(2)32-9-13-34(14-10-32)25(21-5-7-30-23(28)17-21)27(36)26(22-6-8-31-24(29)18-22)35-15-11-33(12-16-35)20(3)4/h5-8,17-20,25-26H,9-16H2,1-4H3. The molecule has 4 heterocycles. The van der Waals surface area contributed by atoms with Crippen molar-refractivity contribution in [3.8, 4) is 0 Å². The van der Waals surface area contributed by atoms with E-state index in [1.807, 2.05) is 24.3 Å². The molecule has 2 atom stereocenters. The Bertz CT molecular complexity index is 939. The number of rotatable bonds is 8. The Labute approximate surface area is 225 Å². The van der Waals surface area contributed by atoms with Crippen LogP contribution in [0.3, 0.4) is 0 Å². The van der Waals surface area contributed by atoms with Crippen molar-refractivity contribution >= 4 is 29.0 Å². The molecule has 0 N–H and O–H groups in total. The first-order valence-corrected chi connectivity index (χ1v) is 13.7. The Morgan fingerprint density at radius 2 is 1.00 bits per heavy atom. The Balaban J connectivity index is 1.69. The van der Waals surface area contributed by atoms with Gasteiger partial charge in [0.1, 0.15) is 10.3 Å². The molecule has 0 spiro atoms. The van der Waals surface area contributed by atoms with Crippen molar-refractivity contribution in [2.75, 3.05) is 52.4 Å². The van der Waals surface area contributed by atoms with E-state index in [0.29, 0.717) is 22.4 Å². The van der Waals surface area contributed by atoms with Crippen LogP contribution in [0.15, 0.2) is 36.7 Å². The summed E-state index contributed by atoms with van der Waals surface area (Å²) in [7, 11) is 0. The van der Waals surface area contributed by atoms with Crippen molar-refractivity contribution in [3.63, 3.8) is 0 Å². The zero-order chi connectivity index (χ0) is 25.8. The topological polar surface area (TPSA) is 55.8 Å². The smallest absolute Gasteiger partial charge is 0.176 e. The number of ketones is 1. The van der Waals surface area contributed by atoms with Gasteiger partial charge < -0.3 is 0 Å². The second-order valence-electron chi connectivity index (χ2n) is 10.4. The maximum absolute atomic E-state index is 14.7. The summed E-state index contributed by atoms with van der Waals surface area (Å²) in [6, 6.07) is 7.67. The molecule has 2 unspecified atom stereocenters. The summed E-state index contributed by atoms with van der Waals surface area (Å²) in [5.74, 6) is 0.149. The molecule has 2 aliphatic rings. The molecule has 0 aliphatic carbocycles. The van der Waals surface area contributed by atoms with Gasteiger partial charge in [-0.15, -0.1) is 0 Å². The fourth-order valence-corrected chi connectivity index (χ4v) is 5.82. The average molecular weight is 534 g/mol. The number of halogens is 2. The van der Waals surface area contributed by atoms with Gasteiger partial charge in [0.15, 0.2) is 5.78 Å². The minimum atomic E-state index is -0.417. The Morgan fingerprint density at radius 1 is 0.667 bits per heavy atom. The molecule has 196 valence electrons. The molecule has 2 aliphatic heterocycles. The molecule has 0 saturated carbocycles. The summed E-state index contributed by atoms with van der Waals surface area (Å²) < 4.78 is 0. The molecule has 9 heteroatoms. The normalized spacial score (nSPS) is 20.7. The maximum Gasteiger partial charge on any atom is 0.176 e. The number of hydrogen-bond acceptors (Lipinski definition) is 7. The fourth-order valence-electron chi connectivity index (χ4n) is 5.46. The second-order valence-corrected chi connectivity index (χ2v) is 11.1. The van der Waals surface area contributed by atoms with Gasteiger partial charge in [-0.05, 0) is 63.1 Å². The van der Waals surface area contributed by atoms with E-state index < -0.39 is 12.1 Å². The molecule has 2 aromatic heterocycles. The first-order valence-electron chi connectivity index (χ1n) is 13.0. The van der Waals surface area contributed by atoms with Gasteiger partial charge in [0.2, 0.25) is 0 Å². The first kappa shape index (κ1) is 27.4. The number of pyridine rings is 2. The summed E-state index contributed by atoms with van der Waals surface area (Å²) in [6.45, 7) is 15.9. The van der Waals surface area contributed by atoms with E-state index in [1.54, 1.807) is 12.4 Å². The van der Waals surface area contributed by atoms with Crippen LogP contribution >= 0.6 is 23.2 Å². The minimum Gasteiger partial charge on any atom is -0.298 e. The third-order valence-corrected chi connectivity index (χ3v) is 7.97. The monoisotopic (exact) mass is 532 g/mol.